The lowest BCUT2D eigenvalue weighted by atomic mass is 10.2. The third kappa shape index (κ3) is 5.20. The van der Waals surface area contributed by atoms with E-state index in [4.69, 9.17) is 10.3 Å². The molecule has 3 rings (SSSR count). The molecule has 0 aliphatic carbocycles. The number of nitrogens with zero attached hydrogens (tertiary/aromatic N) is 6. The van der Waals surface area contributed by atoms with E-state index in [1.165, 1.54) is 0 Å². The van der Waals surface area contributed by atoms with Crippen molar-refractivity contribution in [3.05, 3.63) is 47.4 Å². The van der Waals surface area contributed by atoms with Crippen LogP contribution in [0.5, 0.6) is 0 Å². The van der Waals surface area contributed by atoms with E-state index >= 15 is 0 Å². The van der Waals surface area contributed by atoms with Crippen LogP contribution in [0.3, 0.4) is 0 Å². The molecule has 0 aliphatic rings. The van der Waals surface area contributed by atoms with Crippen LogP contribution in [0.1, 0.15) is 42.9 Å². The molecular weight excluding hydrogens is 344 g/mol. The molecule has 142 valence electrons. The average Bonchev–Trinajstić information content (AvgIpc) is 3.02. The van der Waals surface area contributed by atoms with Crippen LogP contribution in [0.4, 0.5) is 17.6 Å². The van der Waals surface area contributed by atoms with Crippen molar-refractivity contribution in [2.45, 2.75) is 39.8 Å². The summed E-state index contributed by atoms with van der Waals surface area (Å²) in [6, 6.07) is 7.94. The van der Waals surface area contributed by atoms with Gasteiger partial charge in [0.2, 0.25) is 17.8 Å². The van der Waals surface area contributed by atoms with Gasteiger partial charge in [0.1, 0.15) is 5.82 Å². The molecule has 0 saturated heterocycles. The number of hydrogen-bond donors (Lipinski definition) is 2. The average molecular weight is 368 g/mol. The van der Waals surface area contributed by atoms with Crippen molar-refractivity contribution >= 4 is 17.6 Å². The fourth-order valence-electron chi connectivity index (χ4n) is 2.51. The van der Waals surface area contributed by atoms with Gasteiger partial charge in [0, 0.05) is 11.6 Å². The minimum atomic E-state index is 0.170. The molecule has 0 atom stereocenters. The predicted molar refractivity (Wildman–Crippen MR) is 102 cm³/mol. The number of nitrogens with one attached hydrogen (secondary N) is 1. The van der Waals surface area contributed by atoms with Gasteiger partial charge in [0.15, 0.2) is 5.82 Å². The number of aromatic nitrogens is 5. The molecule has 0 aliphatic heterocycles. The Kier molecular flexibility index (Phi) is 5.60. The summed E-state index contributed by atoms with van der Waals surface area (Å²) in [7, 11) is 1.92. The summed E-state index contributed by atoms with van der Waals surface area (Å²) in [6.45, 7) is 7.03. The third-order valence-corrected chi connectivity index (χ3v) is 3.79. The summed E-state index contributed by atoms with van der Waals surface area (Å²) in [5.41, 5.74) is 7.88. The normalized spacial score (nSPS) is 11.3. The Bertz CT molecular complexity index is 908. The second kappa shape index (κ2) is 8.09. The number of rotatable bonds is 7. The van der Waals surface area contributed by atoms with Gasteiger partial charge in [0.05, 0.1) is 13.1 Å². The van der Waals surface area contributed by atoms with Crippen LogP contribution in [0.2, 0.25) is 0 Å². The van der Waals surface area contributed by atoms with E-state index in [2.05, 4.69) is 30.4 Å². The van der Waals surface area contributed by atoms with E-state index in [9.17, 15) is 0 Å². The SMILES string of the molecule is Cc1cccc(Nc2nc(N)nc(CN(C)Cc3nc(C(C)C)no3)n2)c1. The second-order valence-corrected chi connectivity index (χ2v) is 6.80. The zero-order valence-electron chi connectivity index (χ0n) is 16.0. The first-order chi connectivity index (χ1) is 12.9. The first kappa shape index (κ1) is 18.7. The van der Waals surface area contributed by atoms with Gasteiger partial charge in [-0.2, -0.15) is 19.9 Å². The van der Waals surface area contributed by atoms with Gasteiger partial charge < -0.3 is 15.6 Å². The Morgan fingerprint density at radius 3 is 2.67 bits per heavy atom. The maximum atomic E-state index is 5.85. The third-order valence-electron chi connectivity index (χ3n) is 3.79. The molecule has 9 nitrogen and oxygen atoms in total. The highest BCUT2D eigenvalue weighted by Gasteiger charge is 2.13. The van der Waals surface area contributed by atoms with Crippen molar-refractivity contribution in [2.24, 2.45) is 0 Å². The van der Waals surface area contributed by atoms with E-state index in [0.29, 0.717) is 36.6 Å². The van der Waals surface area contributed by atoms with Crippen LogP contribution in [0, 0.1) is 6.92 Å². The number of aryl methyl sites for hydroxylation is 1. The molecule has 0 spiro atoms. The van der Waals surface area contributed by atoms with Gasteiger partial charge >= 0.3 is 0 Å². The number of benzene rings is 1. The summed E-state index contributed by atoms with van der Waals surface area (Å²) in [4.78, 5) is 19.2. The summed E-state index contributed by atoms with van der Waals surface area (Å²) in [6.07, 6.45) is 0. The van der Waals surface area contributed by atoms with Crippen molar-refractivity contribution < 1.29 is 4.52 Å². The molecule has 9 heteroatoms. The maximum absolute atomic E-state index is 5.85. The van der Waals surface area contributed by atoms with E-state index in [-0.39, 0.29) is 11.9 Å². The van der Waals surface area contributed by atoms with Crippen LogP contribution in [0.25, 0.3) is 0 Å². The zero-order valence-corrected chi connectivity index (χ0v) is 16.0. The van der Waals surface area contributed by atoms with E-state index in [1.807, 2.05) is 57.0 Å². The molecule has 27 heavy (non-hydrogen) atoms. The first-order valence-electron chi connectivity index (χ1n) is 8.74. The first-order valence-corrected chi connectivity index (χ1v) is 8.74. The minimum absolute atomic E-state index is 0.170. The van der Waals surface area contributed by atoms with E-state index in [1.54, 1.807) is 0 Å². The molecule has 0 radical (unpaired) electrons. The molecule has 2 aromatic heterocycles. The minimum Gasteiger partial charge on any atom is -0.368 e. The predicted octanol–water partition coefficient (Wildman–Crippen LogP) is 2.64. The lowest BCUT2D eigenvalue weighted by molar-refractivity contribution is 0.255. The van der Waals surface area contributed by atoms with E-state index in [0.717, 1.165) is 11.3 Å². The van der Waals surface area contributed by atoms with Gasteiger partial charge in [-0.15, -0.1) is 0 Å². The Hall–Kier alpha value is -3.07. The summed E-state index contributed by atoms with van der Waals surface area (Å²) in [5, 5.41) is 7.14. The summed E-state index contributed by atoms with van der Waals surface area (Å²) in [5.74, 6) is 2.63. The monoisotopic (exact) mass is 368 g/mol. The van der Waals surface area contributed by atoms with Gasteiger partial charge in [0.25, 0.3) is 0 Å². The topological polar surface area (TPSA) is 119 Å². The molecule has 2 heterocycles. The van der Waals surface area contributed by atoms with Crippen LogP contribution >= 0.6 is 0 Å². The molecule has 3 N–H and O–H groups in total. The number of nitrogen functional groups attached to an aromatic ring is 1. The van der Waals surface area contributed by atoms with Crippen molar-refractivity contribution in [1.82, 2.24) is 30.0 Å². The molecule has 0 fully saturated rings. The quantitative estimate of drug-likeness (QED) is 0.648. The van der Waals surface area contributed by atoms with Crippen LogP contribution < -0.4 is 11.1 Å². The van der Waals surface area contributed by atoms with Crippen molar-refractivity contribution in [3.63, 3.8) is 0 Å². The van der Waals surface area contributed by atoms with Crippen molar-refractivity contribution in [2.75, 3.05) is 18.1 Å². The summed E-state index contributed by atoms with van der Waals surface area (Å²) >= 11 is 0. The highest BCUT2D eigenvalue weighted by Crippen LogP contribution is 2.16. The zero-order chi connectivity index (χ0) is 19.4. The van der Waals surface area contributed by atoms with Gasteiger partial charge in [-0.25, -0.2) is 0 Å². The molecule has 1 aromatic carbocycles. The lowest BCUT2D eigenvalue weighted by Gasteiger charge is -2.14. The molecule has 0 amide bonds. The highest BCUT2D eigenvalue weighted by atomic mass is 16.5. The van der Waals surface area contributed by atoms with Crippen molar-refractivity contribution in [1.29, 1.82) is 0 Å². The number of hydrogen-bond acceptors (Lipinski definition) is 9. The Morgan fingerprint density at radius 1 is 1.15 bits per heavy atom. The fraction of sp³-hybridized carbons (Fsp3) is 0.389. The van der Waals surface area contributed by atoms with Crippen LogP contribution in [-0.2, 0) is 13.1 Å². The summed E-state index contributed by atoms with van der Waals surface area (Å²) < 4.78 is 5.28. The molecular formula is C18H24N8O. The Balaban J connectivity index is 1.67. The molecule has 0 saturated carbocycles. The number of anilines is 3. The maximum Gasteiger partial charge on any atom is 0.240 e. The Morgan fingerprint density at radius 2 is 1.96 bits per heavy atom. The van der Waals surface area contributed by atoms with Crippen LogP contribution in [0.15, 0.2) is 28.8 Å². The Labute approximate surface area is 158 Å². The molecule has 0 bridgehead atoms. The standard InChI is InChI=1S/C18H24N8O/c1-11(2)16-23-15(27-25-16)10-26(4)9-14-21-17(19)24-18(22-14)20-13-7-5-6-12(3)8-13/h5-8,11H,9-10H2,1-4H3,(H3,19,20,21,22,24). The lowest BCUT2D eigenvalue weighted by Crippen LogP contribution is -2.20. The van der Waals surface area contributed by atoms with Crippen LogP contribution in [-0.4, -0.2) is 37.0 Å². The largest absolute Gasteiger partial charge is 0.368 e. The molecule has 3 aromatic rings. The highest BCUT2D eigenvalue weighted by molar-refractivity contribution is 5.54. The van der Waals surface area contributed by atoms with Gasteiger partial charge in [-0.1, -0.05) is 31.1 Å². The van der Waals surface area contributed by atoms with E-state index < -0.39 is 0 Å². The second-order valence-electron chi connectivity index (χ2n) is 6.80. The fourth-order valence-corrected chi connectivity index (χ4v) is 2.51. The van der Waals surface area contributed by atoms with Gasteiger partial charge in [-0.3, -0.25) is 4.90 Å². The van der Waals surface area contributed by atoms with Crippen molar-refractivity contribution in [3.8, 4) is 0 Å². The molecule has 0 unspecified atom stereocenters. The smallest absolute Gasteiger partial charge is 0.240 e. The number of nitrogens with two attached hydrogens (primary N) is 1. The van der Waals surface area contributed by atoms with Gasteiger partial charge in [-0.05, 0) is 31.7 Å².